The zero-order valence-corrected chi connectivity index (χ0v) is 15.6. The van der Waals surface area contributed by atoms with Crippen LogP contribution >= 0.6 is 11.6 Å². The first-order valence-electron chi connectivity index (χ1n) is 8.40. The molecule has 134 valence electrons. The van der Waals surface area contributed by atoms with E-state index < -0.39 is 0 Å². The molecular formula is C20H24ClNO3. The maximum atomic E-state index is 12.5. The first kappa shape index (κ1) is 19.3. The molecule has 0 radical (unpaired) electrons. The Balaban J connectivity index is 2.15. The minimum absolute atomic E-state index is 0.199. The predicted octanol–water partition coefficient (Wildman–Crippen LogP) is 5.16. The molecule has 0 aliphatic heterocycles. The standard InChI is InChI=1S/C20H24ClNO3/c1-4-25-19-9-8-15(10-16(19)13-24-12-14(2)3)20(23)22-18-7-5-6-17(21)11-18/h5-11,14H,4,12-13H2,1-3H3,(H,22,23). The van der Waals surface area contributed by atoms with Crippen molar-refractivity contribution in [2.75, 3.05) is 18.5 Å². The van der Waals surface area contributed by atoms with Gasteiger partial charge in [0.1, 0.15) is 5.75 Å². The monoisotopic (exact) mass is 361 g/mol. The summed E-state index contributed by atoms with van der Waals surface area (Å²) in [6.07, 6.45) is 0. The van der Waals surface area contributed by atoms with Crippen LogP contribution in [0, 0.1) is 5.92 Å². The lowest BCUT2D eigenvalue weighted by molar-refractivity contribution is 0.0948. The number of anilines is 1. The summed E-state index contributed by atoms with van der Waals surface area (Å²) < 4.78 is 11.3. The molecule has 2 rings (SSSR count). The minimum Gasteiger partial charge on any atom is -0.494 e. The SMILES string of the molecule is CCOc1ccc(C(=O)Nc2cccc(Cl)c2)cc1COCC(C)C. The van der Waals surface area contributed by atoms with Gasteiger partial charge in [0.05, 0.1) is 13.2 Å². The Kier molecular flexibility index (Phi) is 7.29. The molecule has 25 heavy (non-hydrogen) atoms. The fraction of sp³-hybridized carbons (Fsp3) is 0.350. The summed E-state index contributed by atoms with van der Waals surface area (Å²) >= 11 is 5.95. The lowest BCUT2D eigenvalue weighted by Gasteiger charge is -2.14. The van der Waals surface area contributed by atoms with Gasteiger partial charge < -0.3 is 14.8 Å². The van der Waals surface area contributed by atoms with Gasteiger partial charge in [-0.15, -0.1) is 0 Å². The molecular weight excluding hydrogens is 338 g/mol. The summed E-state index contributed by atoms with van der Waals surface area (Å²) in [4.78, 5) is 12.5. The van der Waals surface area contributed by atoms with Gasteiger partial charge in [-0.05, 0) is 49.2 Å². The van der Waals surface area contributed by atoms with Crippen LogP contribution in [0.25, 0.3) is 0 Å². The molecule has 0 saturated heterocycles. The third-order valence-corrected chi connectivity index (χ3v) is 3.65. The molecule has 0 aliphatic carbocycles. The van der Waals surface area contributed by atoms with Gasteiger partial charge in [-0.3, -0.25) is 4.79 Å². The van der Waals surface area contributed by atoms with Crippen LogP contribution in [0.2, 0.25) is 5.02 Å². The largest absolute Gasteiger partial charge is 0.494 e. The van der Waals surface area contributed by atoms with E-state index in [4.69, 9.17) is 21.1 Å². The highest BCUT2D eigenvalue weighted by Gasteiger charge is 2.12. The Morgan fingerprint density at radius 3 is 2.68 bits per heavy atom. The van der Waals surface area contributed by atoms with Crippen LogP contribution in [0.5, 0.6) is 5.75 Å². The lowest BCUT2D eigenvalue weighted by Crippen LogP contribution is -2.13. The second-order valence-electron chi connectivity index (χ2n) is 6.13. The maximum absolute atomic E-state index is 12.5. The highest BCUT2D eigenvalue weighted by molar-refractivity contribution is 6.30. The number of nitrogens with one attached hydrogen (secondary N) is 1. The van der Waals surface area contributed by atoms with Gasteiger partial charge >= 0.3 is 0 Å². The van der Waals surface area contributed by atoms with Gasteiger partial charge in [0, 0.05) is 28.4 Å². The van der Waals surface area contributed by atoms with E-state index in [1.165, 1.54) is 0 Å². The van der Waals surface area contributed by atoms with E-state index in [9.17, 15) is 4.79 Å². The highest BCUT2D eigenvalue weighted by atomic mass is 35.5. The number of rotatable bonds is 8. The van der Waals surface area contributed by atoms with Crippen LogP contribution in [-0.4, -0.2) is 19.1 Å². The number of amides is 1. The van der Waals surface area contributed by atoms with Crippen molar-refractivity contribution < 1.29 is 14.3 Å². The Hall–Kier alpha value is -2.04. The average molecular weight is 362 g/mol. The summed E-state index contributed by atoms with van der Waals surface area (Å²) in [6.45, 7) is 7.75. The molecule has 0 aromatic heterocycles. The van der Waals surface area contributed by atoms with E-state index in [1.54, 1.807) is 30.3 Å². The number of hydrogen-bond donors (Lipinski definition) is 1. The van der Waals surface area contributed by atoms with Gasteiger partial charge in [0.25, 0.3) is 5.91 Å². The van der Waals surface area contributed by atoms with Crippen molar-refractivity contribution in [3.8, 4) is 5.75 Å². The van der Waals surface area contributed by atoms with Gasteiger partial charge in [0.15, 0.2) is 0 Å². The van der Waals surface area contributed by atoms with Crippen molar-refractivity contribution in [2.45, 2.75) is 27.4 Å². The Morgan fingerprint density at radius 2 is 2.00 bits per heavy atom. The van der Waals surface area contributed by atoms with Gasteiger partial charge in [-0.25, -0.2) is 0 Å². The Morgan fingerprint density at radius 1 is 1.20 bits per heavy atom. The number of halogens is 1. The van der Waals surface area contributed by atoms with Crippen LogP contribution in [0.3, 0.4) is 0 Å². The quantitative estimate of drug-likeness (QED) is 0.706. The average Bonchev–Trinajstić information content (AvgIpc) is 2.56. The molecule has 4 nitrogen and oxygen atoms in total. The van der Waals surface area contributed by atoms with Crippen LogP contribution in [0.1, 0.15) is 36.7 Å². The summed E-state index contributed by atoms with van der Waals surface area (Å²) in [5.74, 6) is 0.992. The zero-order valence-electron chi connectivity index (χ0n) is 14.8. The van der Waals surface area contributed by atoms with Crippen LogP contribution in [0.15, 0.2) is 42.5 Å². The molecule has 0 heterocycles. The van der Waals surface area contributed by atoms with E-state index in [2.05, 4.69) is 19.2 Å². The second kappa shape index (κ2) is 9.44. The molecule has 0 atom stereocenters. The topological polar surface area (TPSA) is 47.6 Å². The van der Waals surface area contributed by atoms with Crippen LogP contribution in [0.4, 0.5) is 5.69 Å². The molecule has 0 aliphatic rings. The third kappa shape index (κ3) is 6.07. The zero-order chi connectivity index (χ0) is 18.2. The maximum Gasteiger partial charge on any atom is 0.255 e. The number of carbonyl (C=O) groups excluding carboxylic acids is 1. The van der Waals surface area contributed by atoms with E-state index in [-0.39, 0.29) is 5.91 Å². The van der Waals surface area contributed by atoms with Gasteiger partial charge in [-0.1, -0.05) is 31.5 Å². The van der Waals surface area contributed by atoms with Crippen molar-refractivity contribution in [3.05, 3.63) is 58.6 Å². The Labute approximate surface area is 154 Å². The van der Waals surface area contributed by atoms with E-state index >= 15 is 0 Å². The number of ether oxygens (including phenoxy) is 2. The van der Waals surface area contributed by atoms with Crippen molar-refractivity contribution in [1.29, 1.82) is 0 Å². The van der Waals surface area contributed by atoms with Crippen LogP contribution in [-0.2, 0) is 11.3 Å². The highest BCUT2D eigenvalue weighted by Crippen LogP contribution is 2.23. The molecule has 2 aromatic carbocycles. The Bertz CT molecular complexity index is 716. The fourth-order valence-electron chi connectivity index (χ4n) is 2.30. The molecule has 0 unspecified atom stereocenters. The predicted molar refractivity (Wildman–Crippen MR) is 102 cm³/mol. The van der Waals surface area contributed by atoms with E-state index in [1.807, 2.05) is 19.1 Å². The van der Waals surface area contributed by atoms with Crippen molar-refractivity contribution in [2.24, 2.45) is 5.92 Å². The molecule has 0 bridgehead atoms. The van der Waals surface area contributed by atoms with Gasteiger partial charge in [-0.2, -0.15) is 0 Å². The molecule has 0 spiro atoms. The fourth-order valence-corrected chi connectivity index (χ4v) is 2.49. The first-order chi connectivity index (χ1) is 12.0. The van der Waals surface area contributed by atoms with Crippen molar-refractivity contribution in [1.82, 2.24) is 0 Å². The smallest absolute Gasteiger partial charge is 0.255 e. The molecule has 0 saturated carbocycles. The van der Waals surface area contributed by atoms with E-state index in [0.29, 0.717) is 42.0 Å². The summed E-state index contributed by atoms with van der Waals surface area (Å²) in [7, 11) is 0. The summed E-state index contributed by atoms with van der Waals surface area (Å²) in [6, 6.07) is 12.4. The molecule has 1 amide bonds. The second-order valence-corrected chi connectivity index (χ2v) is 6.57. The lowest BCUT2D eigenvalue weighted by atomic mass is 10.1. The molecule has 2 aromatic rings. The summed E-state index contributed by atoms with van der Waals surface area (Å²) in [5, 5.41) is 3.42. The van der Waals surface area contributed by atoms with Crippen LogP contribution < -0.4 is 10.1 Å². The molecule has 0 fully saturated rings. The molecule has 1 N–H and O–H groups in total. The first-order valence-corrected chi connectivity index (χ1v) is 8.77. The number of benzene rings is 2. The third-order valence-electron chi connectivity index (χ3n) is 3.41. The van der Waals surface area contributed by atoms with Crippen molar-refractivity contribution >= 4 is 23.2 Å². The summed E-state index contributed by atoms with van der Waals surface area (Å²) in [5.41, 5.74) is 2.07. The normalized spacial score (nSPS) is 10.8. The van der Waals surface area contributed by atoms with Crippen molar-refractivity contribution in [3.63, 3.8) is 0 Å². The van der Waals surface area contributed by atoms with E-state index in [0.717, 1.165) is 11.3 Å². The minimum atomic E-state index is -0.199. The molecule has 5 heteroatoms. The van der Waals surface area contributed by atoms with Gasteiger partial charge in [0.2, 0.25) is 0 Å². The number of hydrogen-bond acceptors (Lipinski definition) is 3. The number of carbonyl (C=O) groups is 1.